The summed E-state index contributed by atoms with van der Waals surface area (Å²) in [5.41, 5.74) is 2.81. The van der Waals surface area contributed by atoms with E-state index in [-0.39, 0.29) is 5.91 Å². The highest BCUT2D eigenvalue weighted by Crippen LogP contribution is 2.27. The second-order valence-electron chi connectivity index (χ2n) is 4.56. The minimum atomic E-state index is -0.134. The number of tetrazole rings is 1. The third-order valence-electron chi connectivity index (χ3n) is 3.03. The number of amides is 1. The maximum atomic E-state index is 11.7. The largest absolute Gasteiger partial charge is 0.307 e. The first-order valence-electron chi connectivity index (χ1n) is 6.40. The van der Waals surface area contributed by atoms with Crippen molar-refractivity contribution in [1.29, 1.82) is 0 Å². The van der Waals surface area contributed by atoms with Crippen LogP contribution in [0.25, 0.3) is 17.5 Å². The van der Waals surface area contributed by atoms with Gasteiger partial charge in [-0.2, -0.15) is 0 Å². The van der Waals surface area contributed by atoms with Crippen molar-refractivity contribution in [2.75, 3.05) is 0 Å². The van der Waals surface area contributed by atoms with Crippen LogP contribution in [0.2, 0.25) is 0 Å². The minimum absolute atomic E-state index is 0.134. The molecule has 0 unspecified atom stereocenters. The van der Waals surface area contributed by atoms with E-state index in [1.165, 1.54) is 11.8 Å². The molecule has 8 heteroatoms. The number of aromatic amines is 1. The molecular formula is C14H11N5OS2. The van der Waals surface area contributed by atoms with Gasteiger partial charge in [0.25, 0.3) is 5.91 Å². The zero-order valence-electron chi connectivity index (χ0n) is 11.5. The number of rotatable bonds is 3. The van der Waals surface area contributed by atoms with Crippen LogP contribution >= 0.6 is 24.0 Å². The van der Waals surface area contributed by atoms with Crippen LogP contribution in [0.3, 0.4) is 0 Å². The van der Waals surface area contributed by atoms with Gasteiger partial charge in [-0.05, 0) is 28.5 Å². The molecule has 2 N–H and O–H groups in total. The Morgan fingerprint density at radius 3 is 2.68 bits per heavy atom. The van der Waals surface area contributed by atoms with Crippen molar-refractivity contribution in [3.8, 4) is 11.4 Å². The van der Waals surface area contributed by atoms with Crippen LogP contribution in [0.5, 0.6) is 0 Å². The smallest absolute Gasteiger partial charge is 0.263 e. The van der Waals surface area contributed by atoms with Gasteiger partial charge in [0.1, 0.15) is 4.32 Å². The normalized spacial score (nSPS) is 17.1. The molecule has 0 atom stereocenters. The van der Waals surface area contributed by atoms with Crippen LogP contribution in [0, 0.1) is 0 Å². The van der Waals surface area contributed by atoms with Gasteiger partial charge in [-0.3, -0.25) is 4.79 Å². The number of nitrogens with zero attached hydrogens (tertiary/aromatic N) is 3. The number of H-pyrrole nitrogens is 1. The summed E-state index contributed by atoms with van der Waals surface area (Å²) in [6, 6.07) is 7.77. The zero-order valence-corrected chi connectivity index (χ0v) is 13.2. The molecule has 0 bridgehead atoms. The standard InChI is InChI=1S/C14H11N5OS2/c1-8(11-13(20)15-14(21)22-11)2-3-9-4-6-10(7-5-9)12-16-18-19-17-12/h2-7H,1H3,(H,15,20,21)(H,16,17,18,19)/b3-2+,11-8?. The number of nitrogens with one attached hydrogen (secondary N) is 2. The van der Waals surface area contributed by atoms with E-state index in [2.05, 4.69) is 25.9 Å². The van der Waals surface area contributed by atoms with Gasteiger partial charge in [-0.1, -0.05) is 60.4 Å². The van der Waals surface area contributed by atoms with Gasteiger partial charge in [0.2, 0.25) is 0 Å². The Balaban J connectivity index is 1.77. The summed E-state index contributed by atoms with van der Waals surface area (Å²) in [6.07, 6.45) is 3.85. The van der Waals surface area contributed by atoms with E-state index < -0.39 is 0 Å². The molecule has 1 aliphatic heterocycles. The summed E-state index contributed by atoms with van der Waals surface area (Å²) in [6.45, 7) is 1.89. The van der Waals surface area contributed by atoms with Crippen LogP contribution in [0.15, 0.2) is 40.8 Å². The fourth-order valence-electron chi connectivity index (χ4n) is 1.90. The average Bonchev–Trinajstić information content (AvgIpc) is 3.15. The minimum Gasteiger partial charge on any atom is -0.307 e. The summed E-state index contributed by atoms with van der Waals surface area (Å²) in [5.74, 6) is 0.492. The van der Waals surface area contributed by atoms with Gasteiger partial charge in [0.15, 0.2) is 5.82 Å². The molecule has 0 radical (unpaired) electrons. The first kappa shape index (κ1) is 14.6. The Hall–Kier alpha value is -2.32. The SMILES string of the molecule is CC(/C=C/c1ccc(-c2nnn[nH]2)cc1)=C1SC(=S)NC1=O. The van der Waals surface area contributed by atoms with Crippen LogP contribution in [0.1, 0.15) is 12.5 Å². The van der Waals surface area contributed by atoms with E-state index in [1.54, 1.807) is 0 Å². The maximum absolute atomic E-state index is 11.7. The molecule has 22 heavy (non-hydrogen) atoms. The van der Waals surface area contributed by atoms with Crippen LogP contribution in [0.4, 0.5) is 0 Å². The molecule has 0 spiro atoms. The molecular weight excluding hydrogens is 318 g/mol. The lowest BCUT2D eigenvalue weighted by atomic mass is 10.1. The van der Waals surface area contributed by atoms with Crippen LogP contribution < -0.4 is 5.32 Å². The summed E-state index contributed by atoms with van der Waals surface area (Å²) in [5, 5.41) is 16.3. The van der Waals surface area contributed by atoms with Crippen molar-refractivity contribution in [3.05, 3.63) is 46.4 Å². The first-order chi connectivity index (χ1) is 10.6. The number of thioether (sulfide) groups is 1. The summed E-state index contributed by atoms with van der Waals surface area (Å²) in [7, 11) is 0. The van der Waals surface area contributed by atoms with E-state index in [1.807, 2.05) is 43.3 Å². The molecule has 2 aromatic rings. The van der Waals surface area contributed by atoms with Crippen molar-refractivity contribution in [3.63, 3.8) is 0 Å². The highest BCUT2D eigenvalue weighted by Gasteiger charge is 2.23. The Labute approximate surface area is 136 Å². The van der Waals surface area contributed by atoms with Gasteiger partial charge in [0, 0.05) is 5.56 Å². The quantitative estimate of drug-likeness (QED) is 0.664. The van der Waals surface area contributed by atoms with Crippen LogP contribution in [-0.2, 0) is 4.79 Å². The van der Waals surface area contributed by atoms with Gasteiger partial charge < -0.3 is 5.32 Å². The Morgan fingerprint density at radius 2 is 2.09 bits per heavy atom. The Morgan fingerprint density at radius 1 is 1.32 bits per heavy atom. The molecule has 3 rings (SSSR count). The molecule has 1 amide bonds. The molecule has 2 heterocycles. The van der Waals surface area contributed by atoms with Crippen molar-refractivity contribution in [2.24, 2.45) is 0 Å². The molecule has 1 aromatic heterocycles. The Kier molecular flexibility index (Phi) is 4.12. The Bertz CT molecular complexity index is 778. The predicted molar refractivity (Wildman–Crippen MR) is 89.7 cm³/mol. The molecule has 0 aliphatic carbocycles. The van der Waals surface area contributed by atoms with Crippen LogP contribution in [-0.4, -0.2) is 30.9 Å². The van der Waals surface area contributed by atoms with E-state index in [4.69, 9.17) is 12.2 Å². The molecule has 110 valence electrons. The van der Waals surface area contributed by atoms with Crippen molar-refractivity contribution < 1.29 is 4.79 Å². The van der Waals surface area contributed by atoms with Crippen molar-refractivity contribution in [1.82, 2.24) is 25.9 Å². The van der Waals surface area contributed by atoms with E-state index in [0.717, 1.165) is 16.7 Å². The summed E-state index contributed by atoms with van der Waals surface area (Å²) >= 11 is 6.27. The topological polar surface area (TPSA) is 83.6 Å². The van der Waals surface area contributed by atoms with E-state index in [9.17, 15) is 4.79 Å². The third-order valence-corrected chi connectivity index (χ3v) is 4.38. The maximum Gasteiger partial charge on any atom is 0.263 e. The van der Waals surface area contributed by atoms with Gasteiger partial charge in [-0.15, -0.1) is 5.10 Å². The van der Waals surface area contributed by atoms with Gasteiger partial charge in [-0.25, -0.2) is 5.10 Å². The average molecular weight is 329 g/mol. The molecule has 1 aromatic carbocycles. The number of hydrogen-bond donors (Lipinski definition) is 2. The molecule has 0 saturated carbocycles. The van der Waals surface area contributed by atoms with E-state index >= 15 is 0 Å². The van der Waals surface area contributed by atoms with Gasteiger partial charge >= 0.3 is 0 Å². The molecule has 1 fully saturated rings. The number of allylic oxidation sites excluding steroid dienone is 2. The second-order valence-corrected chi connectivity index (χ2v) is 6.25. The number of carbonyl (C=O) groups excluding carboxylic acids is 1. The number of aromatic nitrogens is 4. The lowest BCUT2D eigenvalue weighted by molar-refractivity contribution is -0.115. The van der Waals surface area contributed by atoms with Crippen molar-refractivity contribution >= 4 is 40.3 Å². The lowest BCUT2D eigenvalue weighted by Gasteiger charge is -1.99. The highest BCUT2D eigenvalue weighted by atomic mass is 32.2. The molecule has 1 aliphatic rings. The third kappa shape index (κ3) is 3.12. The summed E-state index contributed by atoms with van der Waals surface area (Å²) < 4.78 is 0.498. The van der Waals surface area contributed by atoms with Gasteiger partial charge in [0.05, 0.1) is 4.91 Å². The first-order valence-corrected chi connectivity index (χ1v) is 7.62. The number of carbonyl (C=O) groups is 1. The monoisotopic (exact) mass is 329 g/mol. The fourth-order valence-corrected chi connectivity index (χ4v) is 2.95. The lowest BCUT2D eigenvalue weighted by Crippen LogP contribution is -2.18. The molecule has 6 nitrogen and oxygen atoms in total. The second kappa shape index (κ2) is 6.20. The zero-order chi connectivity index (χ0) is 15.5. The number of hydrogen-bond acceptors (Lipinski definition) is 6. The predicted octanol–water partition coefficient (Wildman–Crippen LogP) is 2.30. The molecule has 1 saturated heterocycles. The number of thiocarbonyl (C=S) groups is 1. The van der Waals surface area contributed by atoms with E-state index in [0.29, 0.717) is 15.1 Å². The number of benzene rings is 1. The summed E-state index contributed by atoms with van der Waals surface area (Å²) in [4.78, 5) is 12.3. The van der Waals surface area contributed by atoms with Crippen molar-refractivity contribution in [2.45, 2.75) is 6.92 Å². The highest BCUT2D eigenvalue weighted by molar-refractivity contribution is 8.26. The fraction of sp³-hybridized carbons (Fsp3) is 0.0714.